The molecule has 0 radical (unpaired) electrons. The summed E-state index contributed by atoms with van der Waals surface area (Å²) in [6.45, 7) is 5.97. The molecule has 0 aromatic carbocycles. The highest BCUT2D eigenvalue weighted by molar-refractivity contribution is 7.80. The lowest BCUT2D eigenvalue weighted by Gasteiger charge is -2.36. The molecule has 1 rings (SSSR count). The second-order valence-corrected chi connectivity index (χ2v) is 7.55. The Balaban J connectivity index is 2.72. The van der Waals surface area contributed by atoms with E-state index in [4.69, 9.17) is 15.2 Å². The van der Waals surface area contributed by atoms with E-state index in [-0.39, 0.29) is 24.0 Å². The predicted molar refractivity (Wildman–Crippen MR) is 111 cm³/mol. The van der Waals surface area contributed by atoms with Crippen LogP contribution in [0.3, 0.4) is 0 Å². The molecule has 0 aromatic heterocycles. The maximum atomic E-state index is 12.4. The minimum absolute atomic E-state index is 0.0527. The normalized spacial score (nSPS) is 22.4. The lowest BCUT2D eigenvalue weighted by molar-refractivity contribution is -0.139. The van der Waals surface area contributed by atoms with Gasteiger partial charge in [0.05, 0.1) is 24.9 Å². The first kappa shape index (κ1) is 24.0. The van der Waals surface area contributed by atoms with Gasteiger partial charge in [0.15, 0.2) is 0 Å². The number of nitrogens with one attached hydrogen (secondary N) is 1. The standard InChI is InChI=1S/C20H36N2O4S/c1-4-16(5-2)26-18-13-15(12-17(21)19(18)22-14(3)23)20(24)25-10-8-6-7-9-11-27/h13,16-19,27H,4-12,21H2,1-3H3,(H,22,23)/t17-,18?,19?/m0/s1. The van der Waals surface area contributed by atoms with Crippen LogP contribution in [0.15, 0.2) is 11.6 Å². The molecule has 1 aliphatic rings. The van der Waals surface area contributed by atoms with Gasteiger partial charge in [-0.2, -0.15) is 12.6 Å². The fraction of sp³-hybridized carbons (Fsp3) is 0.800. The minimum Gasteiger partial charge on any atom is -0.462 e. The van der Waals surface area contributed by atoms with Crippen LogP contribution in [0.5, 0.6) is 0 Å². The Morgan fingerprint density at radius 1 is 1.26 bits per heavy atom. The van der Waals surface area contributed by atoms with Crippen molar-refractivity contribution in [1.82, 2.24) is 5.32 Å². The molecule has 0 aliphatic heterocycles. The average molecular weight is 401 g/mol. The van der Waals surface area contributed by atoms with E-state index in [0.29, 0.717) is 18.6 Å². The van der Waals surface area contributed by atoms with Crippen LogP contribution in [0.25, 0.3) is 0 Å². The molecule has 0 bridgehead atoms. The molecule has 0 saturated heterocycles. The summed E-state index contributed by atoms with van der Waals surface area (Å²) in [4.78, 5) is 24.0. The Bertz CT molecular complexity index is 494. The first-order valence-corrected chi connectivity index (χ1v) is 10.7. The lowest BCUT2D eigenvalue weighted by atomic mass is 9.88. The Morgan fingerprint density at radius 2 is 1.93 bits per heavy atom. The first-order chi connectivity index (χ1) is 12.9. The molecule has 1 aliphatic carbocycles. The van der Waals surface area contributed by atoms with Gasteiger partial charge in [-0.3, -0.25) is 4.79 Å². The molecule has 1 amide bonds. The number of carbonyl (C=O) groups is 2. The third-order valence-corrected chi connectivity index (χ3v) is 5.13. The second-order valence-electron chi connectivity index (χ2n) is 7.10. The monoisotopic (exact) mass is 400 g/mol. The van der Waals surface area contributed by atoms with Crippen molar-refractivity contribution in [3.63, 3.8) is 0 Å². The quantitative estimate of drug-likeness (QED) is 0.266. The maximum absolute atomic E-state index is 12.4. The molecule has 0 aromatic rings. The summed E-state index contributed by atoms with van der Waals surface area (Å²) < 4.78 is 11.5. The van der Waals surface area contributed by atoms with Crippen LogP contribution in [0.1, 0.15) is 65.7 Å². The molecule has 7 heteroatoms. The van der Waals surface area contributed by atoms with E-state index < -0.39 is 12.1 Å². The van der Waals surface area contributed by atoms with Gasteiger partial charge in [-0.25, -0.2) is 4.79 Å². The summed E-state index contributed by atoms with van der Waals surface area (Å²) in [5.74, 6) is 0.395. The number of rotatable bonds is 12. The van der Waals surface area contributed by atoms with E-state index >= 15 is 0 Å². The van der Waals surface area contributed by atoms with Gasteiger partial charge in [0.1, 0.15) is 0 Å². The smallest absolute Gasteiger partial charge is 0.333 e. The lowest BCUT2D eigenvalue weighted by Crippen LogP contribution is -2.57. The molecule has 0 saturated carbocycles. The third-order valence-electron chi connectivity index (χ3n) is 4.81. The number of carbonyl (C=O) groups excluding carboxylic acids is 2. The van der Waals surface area contributed by atoms with Gasteiger partial charge in [-0.05, 0) is 43.9 Å². The molecule has 27 heavy (non-hydrogen) atoms. The van der Waals surface area contributed by atoms with Gasteiger partial charge < -0.3 is 20.5 Å². The SMILES string of the molecule is CCC(CC)OC1C=C(C(=O)OCCCCCCS)C[C@H](N)C1NC(C)=O. The number of unbranched alkanes of at least 4 members (excludes halogenated alkanes) is 3. The minimum atomic E-state index is -0.430. The molecule has 6 nitrogen and oxygen atoms in total. The van der Waals surface area contributed by atoms with Crippen molar-refractivity contribution in [2.75, 3.05) is 12.4 Å². The van der Waals surface area contributed by atoms with Crippen LogP contribution < -0.4 is 11.1 Å². The van der Waals surface area contributed by atoms with Crippen LogP contribution in [-0.4, -0.2) is 48.5 Å². The highest BCUT2D eigenvalue weighted by Gasteiger charge is 2.35. The molecule has 3 N–H and O–H groups in total. The van der Waals surface area contributed by atoms with Gasteiger partial charge in [0.2, 0.25) is 5.91 Å². The van der Waals surface area contributed by atoms with Crippen molar-refractivity contribution in [1.29, 1.82) is 0 Å². The topological polar surface area (TPSA) is 90.7 Å². The Hall–Kier alpha value is -1.05. The molecule has 2 unspecified atom stereocenters. The van der Waals surface area contributed by atoms with Gasteiger partial charge in [-0.1, -0.05) is 26.7 Å². The van der Waals surface area contributed by atoms with E-state index in [1.165, 1.54) is 6.92 Å². The molecular weight excluding hydrogens is 364 g/mol. The van der Waals surface area contributed by atoms with Crippen molar-refractivity contribution in [2.45, 2.75) is 90.0 Å². The van der Waals surface area contributed by atoms with Crippen LogP contribution in [0.2, 0.25) is 0 Å². The Labute approximate surface area is 169 Å². The van der Waals surface area contributed by atoms with Crippen LogP contribution in [0, 0.1) is 0 Å². The number of ether oxygens (including phenoxy) is 2. The number of thiol groups is 1. The van der Waals surface area contributed by atoms with E-state index in [1.54, 1.807) is 6.08 Å². The van der Waals surface area contributed by atoms with Crippen LogP contribution >= 0.6 is 12.6 Å². The zero-order chi connectivity index (χ0) is 20.2. The van der Waals surface area contributed by atoms with Gasteiger partial charge in [0, 0.05) is 18.5 Å². The highest BCUT2D eigenvalue weighted by atomic mass is 32.1. The summed E-state index contributed by atoms with van der Waals surface area (Å²) in [7, 11) is 0. The Morgan fingerprint density at radius 3 is 2.52 bits per heavy atom. The second kappa shape index (κ2) is 13.2. The molecule has 0 heterocycles. The van der Waals surface area contributed by atoms with Crippen molar-refractivity contribution < 1.29 is 19.1 Å². The summed E-state index contributed by atoms with van der Waals surface area (Å²) in [5, 5.41) is 2.87. The van der Waals surface area contributed by atoms with Gasteiger partial charge >= 0.3 is 5.97 Å². The Kier molecular flexibility index (Phi) is 11.7. The fourth-order valence-electron chi connectivity index (χ4n) is 3.22. The molecule has 0 spiro atoms. The number of hydrogen-bond acceptors (Lipinski definition) is 6. The number of nitrogens with two attached hydrogens (primary N) is 1. The van der Waals surface area contributed by atoms with Crippen molar-refractivity contribution in [2.24, 2.45) is 5.73 Å². The predicted octanol–water partition coefficient (Wildman–Crippen LogP) is 2.76. The molecule has 156 valence electrons. The molecule has 0 fully saturated rings. The summed E-state index contributed by atoms with van der Waals surface area (Å²) >= 11 is 4.19. The summed E-state index contributed by atoms with van der Waals surface area (Å²) in [6.07, 6.45) is 7.53. The zero-order valence-electron chi connectivity index (χ0n) is 16.9. The van der Waals surface area contributed by atoms with E-state index in [2.05, 4.69) is 31.8 Å². The largest absolute Gasteiger partial charge is 0.462 e. The molecule has 3 atom stereocenters. The summed E-state index contributed by atoms with van der Waals surface area (Å²) in [6, 6.07) is -0.739. The average Bonchev–Trinajstić information content (AvgIpc) is 2.64. The summed E-state index contributed by atoms with van der Waals surface area (Å²) in [5.41, 5.74) is 6.80. The number of esters is 1. The van der Waals surface area contributed by atoms with E-state index in [9.17, 15) is 9.59 Å². The van der Waals surface area contributed by atoms with E-state index in [0.717, 1.165) is 44.3 Å². The van der Waals surface area contributed by atoms with Crippen molar-refractivity contribution in [3.05, 3.63) is 11.6 Å². The maximum Gasteiger partial charge on any atom is 0.333 e. The molecular formula is C20H36N2O4S. The highest BCUT2D eigenvalue weighted by Crippen LogP contribution is 2.24. The van der Waals surface area contributed by atoms with Crippen molar-refractivity contribution in [3.8, 4) is 0 Å². The van der Waals surface area contributed by atoms with Crippen LogP contribution in [-0.2, 0) is 19.1 Å². The van der Waals surface area contributed by atoms with Gasteiger partial charge in [-0.15, -0.1) is 0 Å². The van der Waals surface area contributed by atoms with Crippen molar-refractivity contribution >= 4 is 24.5 Å². The first-order valence-electron chi connectivity index (χ1n) is 10.1. The van der Waals surface area contributed by atoms with E-state index in [1.807, 2.05) is 0 Å². The van der Waals surface area contributed by atoms with Crippen LogP contribution in [0.4, 0.5) is 0 Å². The fourth-order valence-corrected chi connectivity index (χ4v) is 3.45. The number of hydrogen-bond donors (Lipinski definition) is 3. The zero-order valence-corrected chi connectivity index (χ0v) is 17.8. The third kappa shape index (κ3) is 8.66. The number of amides is 1. The van der Waals surface area contributed by atoms with Gasteiger partial charge in [0.25, 0.3) is 0 Å².